The van der Waals surface area contributed by atoms with Crippen LogP contribution < -0.4 is 0 Å². The minimum Gasteiger partial charge on any atom is -0.385 e. The molecule has 0 aromatic heterocycles. The van der Waals surface area contributed by atoms with Gasteiger partial charge in [-0.3, -0.25) is 0 Å². The maximum atomic E-state index is 10.5. The molecule has 2 rings (SSSR count). The largest absolute Gasteiger partial charge is 0.385 e. The zero-order chi connectivity index (χ0) is 10.1. The van der Waals surface area contributed by atoms with Crippen molar-refractivity contribution in [3.63, 3.8) is 0 Å². The second-order valence-electron chi connectivity index (χ2n) is 4.86. The van der Waals surface area contributed by atoms with Crippen LogP contribution in [0.1, 0.15) is 44.9 Å². The predicted octanol–water partition coefficient (Wildman–Crippen LogP) is 3.20. The minimum absolute atomic E-state index is 0.227. The lowest BCUT2D eigenvalue weighted by Crippen LogP contribution is -2.56. The van der Waals surface area contributed by atoms with Gasteiger partial charge in [-0.25, -0.2) is 0 Å². The first-order chi connectivity index (χ1) is 6.72. The molecule has 0 aliphatic heterocycles. The van der Waals surface area contributed by atoms with Gasteiger partial charge in [-0.2, -0.15) is 0 Å². The summed E-state index contributed by atoms with van der Waals surface area (Å²) in [6.07, 6.45) is 14.1. The Balaban J connectivity index is 2.12. The molecule has 1 unspecified atom stereocenters. The molecule has 0 radical (unpaired) electrons. The van der Waals surface area contributed by atoms with Crippen molar-refractivity contribution in [1.82, 2.24) is 0 Å². The molecular weight excluding hydrogens is 172 g/mol. The second-order valence-corrected chi connectivity index (χ2v) is 4.86. The van der Waals surface area contributed by atoms with Gasteiger partial charge in [0.05, 0.1) is 5.60 Å². The van der Waals surface area contributed by atoms with Gasteiger partial charge < -0.3 is 5.11 Å². The molecule has 0 amide bonds. The van der Waals surface area contributed by atoms with Gasteiger partial charge >= 0.3 is 0 Å². The van der Waals surface area contributed by atoms with Gasteiger partial charge in [0.15, 0.2) is 0 Å². The molecule has 14 heavy (non-hydrogen) atoms. The molecule has 0 saturated heterocycles. The molecule has 0 heterocycles. The van der Waals surface area contributed by atoms with E-state index >= 15 is 0 Å². The minimum atomic E-state index is -0.512. The fraction of sp³-hybridized carbons (Fsp3) is 0.692. The number of allylic oxidation sites excluding steroid dienone is 2. The van der Waals surface area contributed by atoms with Gasteiger partial charge in [0, 0.05) is 5.41 Å². The Hall–Kier alpha value is -0.560. The highest BCUT2D eigenvalue weighted by Crippen LogP contribution is 2.58. The number of hydrogen-bond donors (Lipinski definition) is 1. The SMILES string of the molecule is C=C/C=C/C1(O)CCC12CCCCC2. The number of rotatable bonds is 2. The van der Waals surface area contributed by atoms with Gasteiger partial charge in [0.1, 0.15) is 0 Å². The van der Waals surface area contributed by atoms with Crippen molar-refractivity contribution in [2.24, 2.45) is 5.41 Å². The van der Waals surface area contributed by atoms with Gasteiger partial charge in [-0.1, -0.05) is 44.1 Å². The average Bonchev–Trinajstić information content (AvgIpc) is 2.25. The van der Waals surface area contributed by atoms with Crippen LogP contribution in [0.4, 0.5) is 0 Å². The fourth-order valence-corrected chi connectivity index (χ4v) is 3.13. The summed E-state index contributed by atoms with van der Waals surface area (Å²) in [5.41, 5.74) is -0.285. The summed E-state index contributed by atoms with van der Waals surface area (Å²) in [6.45, 7) is 3.66. The van der Waals surface area contributed by atoms with Crippen LogP contribution in [0.3, 0.4) is 0 Å². The van der Waals surface area contributed by atoms with E-state index in [9.17, 15) is 5.11 Å². The molecule has 1 nitrogen and oxygen atoms in total. The van der Waals surface area contributed by atoms with Gasteiger partial charge in [0.2, 0.25) is 0 Å². The van der Waals surface area contributed by atoms with Crippen molar-refractivity contribution in [2.45, 2.75) is 50.5 Å². The quantitative estimate of drug-likeness (QED) is 0.666. The van der Waals surface area contributed by atoms with E-state index in [0.717, 1.165) is 6.42 Å². The van der Waals surface area contributed by atoms with Crippen LogP contribution in [0.5, 0.6) is 0 Å². The molecule has 1 heteroatoms. The second kappa shape index (κ2) is 3.54. The summed E-state index contributed by atoms with van der Waals surface area (Å²) < 4.78 is 0. The molecule has 0 bridgehead atoms. The maximum Gasteiger partial charge on any atom is 0.0886 e. The molecule has 0 aromatic carbocycles. The Morgan fingerprint density at radius 2 is 1.71 bits per heavy atom. The molecule has 1 N–H and O–H groups in total. The van der Waals surface area contributed by atoms with Crippen LogP contribution in [-0.2, 0) is 0 Å². The van der Waals surface area contributed by atoms with E-state index in [1.165, 1.54) is 38.5 Å². The van der Waals surface area contributed by atoms with Crippen LogP contribution in [0.25, 0.3) is 0 Å². The molecule has 2 saturated carbocycles. The topological polar surface area (TPSA) is 20.2 Å². The molecule has 78 valence electrons. The van der Waals surface area contributed by atoms with Gasteiger partial charge in [-0.05, 0) is 25.7 Å². The Morgan fingerprint density at radius 3 is 2.21 bits per heavy atom. The predicted molar refractivity (Wildman–Crippen MR) is 59.0 cm³/mol. The molecular formula is C13H20O. The van der Waals surface area contributed by atoms with E-state index in [4.69, 9.17) is 0 Å². The van der Waals surface area contributed by atoms with E-state index in [1.807, 2.05) is 12.2 Å². The first-order valence-electron chi connectivity index (χ1n) is 5.75. The Bertz CT molecular complexity index is 248. The van der Waals surface area contributed by atoms with Crippen molar-refractivity contribution in [2.75, 3.05) is 0 Å². The zero-order valence-electron chi connectivity index (χ0n) is 8.84. The summed E-state index contributed by atoms with van der Waals surface area (Å²) >= 11 is 0. The summed E-state index contributed by atoms with van der Waals surface area (Å²) in [6, 6.07) is 0. The highest BCUT2D eigenvalue weighted by Gasteiger charge is 2.56. The van der Waals surface area contributed by atoms with Crippen LogP contribution in [0.15, 0.2) is 24.8 Å². The van der Waals surface area contributed by atoms with Gasteiger partial charge in [-0.15, -0.1) is 0 Å². The van der Waals surface area contributed by atoms with Crippen molar-refractivity contribution >= 4 is 0 Å². The number of hydrogen-bond acceptors (Lipinski definition) is 1. The third-order valence-corrected chi connectivity index (χ3v) is 4.22. The average molecular weight is 192 g/mol. The van der Waals surface area contributed by atoms with Crippen LogP contribution in [-0.4, -0.2) is 10.7 Å². The van der Waals surface area contributed by atoms with Crippen LogP contribution in [0.2, 0.25) is 0 Å². The highest BCUT2D eigenvalue weighted by molar-refractivity contribution is 5.20. The Morgan fingerprint density at radius 1 is 1.00 bits per heavy atom. The van der Waals surface area contributed by atoms with Crippen molar-refractivity contribution in [3.05, 3.63) is 24.8 Å². The van der Waals surface area contributed by atoms with Gasteiger partial charge in [0.25, 0.3) is 0 Å². The number of aliphatic hydroxyl groups is 1. The smallest absolute Gasteiger partial charge is 0.0886 e. The third-order valence-electron chi connectivity index (χ3n) is 4.22. The monoisotopic (exact) mass is 192 g/mol. The Labute approximate surface area is 86.5 Å². The first kappa shape index (κ1) is 9.97. The molecule has 2 fully saturated rings. The van der Waals surface area contributed by atoms with E-state index < -0.39 is 5.60 Å². The summed E-state index contributed by atoms with van der Waals surface area (Å²) in [5, 5.41) is 10.5. The van der Waals surface area contributed by atoms with Crippen LogP contribution in [0, 0.1) is 5.41 Å². The van der Waals surface area contributed by atoms with E-state index in [-0.39, 0.29) is 5.41 Å². The van der Waals surface area contributed by atoms with E-state index in [0.29, 0.717) is 0 Å². The van der Waals surface area contributed by atoms with Crippen molar-refractivity contribution in [3.8, 4) is 0 Å². The molecule has 0 aromatic rings. The standard InChI is InChI=1S/C13H20O/c1-2-3-9-13(14)11-10-12(13)7-5-4-6-8-12/h2-3,9,14H,1,4-8,10-11H2/b9-3+. The summed E-state index contributed by atoms with van der Waals surface area (Å²) in [7, 11) is 0. The maximum absolute atomic E-state index is 10.5. The van der Waals surface area contributed by atoms with Crippen molar-refractivity contribution in [1.29, 1.82) is 0 Å². The van der Waals surface area contributed by atoms with E-state index in [1.54, 1.807) is 6.08 Å². The summed E-state index contributed by atoms with van der Waals surface area (Å²) in [4.78, 5) is 0. The fourth-order valence-electron chi connectivity index (χ4n) is 3.13. The molecule has 2 aliphatic carbocycles. The highest BCUT2D eigenvalue weighted by atomic mass is 16.3. The lowest BCUT2D eigenvalue weighted by atomic mass is 9.51. The lowest BCUT2D eigenvalue weighted by Gasteiger charge is -2.57. The normalized spacial score (nSPS) is 35.8. The molecule has 2 aliphatic rings. The first-order valence-corrected chi connectivity index (χ1v) is 5.75. The lowest BCUT2D eigenvalue weighted by molar-refractivity contribution is -0.148. The molecule has 1 spiro atoms. The van der Waals surface area contributed by atoms with Crippen molar-refractivity contribution < 1.29 is 5.11 Å². The molecule has 1 atom stereocenters. The Kier molecular flexibility index (Phi) is 2.52. The third kappa shape index (κ3) is 1.35. The van der Waals surface area contributed by atoms with E-state index in [2.05, 4.69) is 6.58 Å². The van der Waals surface area contributed by atoms with Crippen LogP contribution >= 0.6 is 0 Å². The zero-order valence-corrected chi connectivity index (χ0v) is 8.84. The summed E-state index contributed by atoms with van der Waals surface area (Å²) in [5.74, 6) is 0.